The van der Waals surface area contributed by atoms with Crippen molar-refractivity contribution < 1.29 is 9.47 Å². The molecule has 0 aromatic heterocycles. The van der Waals surface area contributed by atoms with Gasteiger partial charge in [0, 0.05) is 0 Å². The molecule has 30 heavy (non-hydrogen) atoms. The normalized spacial score (nSPS) is 11.2. The van der Waals surface area contributed by atoms with Crippen LogP contribution >= 0.6 is 0 Å². The fourth-order valence-corrected chi connectivity index (χ4v) is 3.71. The second kappa shape index (κ2) is 9.84. The third-order valence-electron chi connectivity index (χ3n) is 5.21. The van der Waals surface area contributed by atoms with Crippen molar-refractivity contribution in [3.05, 3.63) is 88.5 Å². The fraction of sp³-hybridized carbons (Fsp3) is 0.357. The monoisotopic (exact) mass is 402 g/mol. The van der Waals surface area contributed by atoms with Crippen molar-refractivity contribution in [1.82, 2.24) is 0 Å². The third kappa shape index (κ3) is 5.66. The summed E-state index contributed by atoms with van der Waals surface area (Å²) in [4.78, 5) is 0. The van der Waals surface area contributed by atoms with Crippen LogP contribution in [0.4, 0.5) is 0 Å². The lowest BCUT2D eigenvalue weighted by atomic mass is 9.93. The maximum atomic E-state index is 6.38. The summed E-state index contributed by atoms with van der Waals surface area (Å²) in [5.74, 6) is 3.68. The van der Waals surface area contributed by atoms with E-state index in [4.69, 9.17) is 9.47 Å². The SMILES string of the molecule is Cc1cc(OCC(C)C)cc(C)c1Oc1ccc(C(C)C)c(Cc2ccccc2)c1. The van der Waals surface area contributed by atoms with Gasteiger partial charge in [0.25, 0.3) is 0 Å². The molecule has 0 N–H and O–H groups in total. The molecule has 0 aliphatic rings. The molecule has 0 aliphatic carbocycles. The molecule has 0 unspecified atom stereocenters. The van der Waals surface area contributed by atoms with Crippen molar-refractivity contribution in [3.8, 4) is 17.2 Å². The van der Waals surface area contributed by atoms with Crippen LogP contribution < -0.4 is 9.47 Å². The Morgan fingerprint density at radius 2 is 1.43 bits per heavy atom. The molecule has 2 nitrogen and oxygen atoms in total. The Balaban J connectivity index is 1.87. The van der Waals surface area contributed by atoms with Gasteiger partial charge in [0.1, 0.15) is 17.2 Å². The largest absolute Gasteiger partial charge is 0.493 e. The van der Waals surface area contributed by atoms with E-state index in [0.29, 0.717) is 11.8 Å². The van der Waals surface area contributed by atoms with E-state index >= 15 is 0 Å². The van der Waals surface area contributed by atoms with Crippen LogP contribution in [0.15, 0.2) is 60.7 Å². The molecular weight excluding hydrogens is 368 g/mol. The van der Waals surface area contributed by atoms with E-state index in [-0.39, 0.29) is 0 Å². The summed E-state index contributed by atoms with van der Waals surface area (Å²) < 4.78 is 12.3. The Morgan fingerprint density at radius 3 is 2.03 bits per heavy atom. The van der Waals surface area contributed by atoms with E-state index in [2.05, 4.69) is 102 Å². The Kier molecular flexibility index (Phi) is 7.20. The first-order valence-electron chi connectivity index (χ1n) is 10.9. The second-order valence-electron chi connectivity index (χ2n) is 8.87. The van der Waals surface area contributed by atoms with Crippen molar-refractivity contribution in [2.75, 3.05) is 6.61 Å². The van der Waals surface area contributed by atoms with Crippen LogP contribution in [-0.2, 0) is 6.42 Å². The molecule has 3 rings (SSSR count). The standard InChI is InChI=1S/C28H34O2/c1-19(2)18-29-26-14-21(5)28(22(6)15-26)30-25-12-13-27(20(3)4)24(17-25)16-23-10-8-7-9-11-23/h7-15,17,19-20H,16,18H2,1-6H3. The average molecular weight is 403 g/mol. The number of rotatable bonds is 8. The average Bonchev–Trinajstić information content (AvgIpc) is 2.70. The van der Waals surface area contributed by atoms with Gasteiger partial charge in [-0.25, -0.2) is 0 Å². The van der Waals surface area contributed by atoms with E-state index in [1.54, 1.807) is 0 Å². The smallest absolute Gasteiger partial charge is 0.133 e. The lowest BCUT2D eigenvalue weighted by molar-refractivity contribution is 0.270. The minimum Gasteiger partial charge on any atom is -0.493 e. The predicted octanol–water partition coefficient (Wildman–Crippen LogP) is 7.84. The van der Waals surface area contributed by atoms with Crippen LogP contribution in [0.1, 0.15) is 61.4 Å². The third-order valence-corrected chi connectivity index (χ3v) is 5.21. The van der Waals surface area contributed by atoms with E-state index < -0.39 is 0 Å². The van der Waals surface area contributed by atoms with Gasteiger partial charge in [-0.15, -0.1) is 0 Å². The van der Waals surface area contributed by atoms with Gasteiger partial charge in [-0.1, -0.05) is 64.1 Å². The van der Waals surface area contributed by atoms with E-state index in [9.17, 15) is 0 Å². The fourth-order valence-electron chi connectivity index (χ4n) is 3.71. The van der Waals surface area contributed by atoms with Crippen LogP contribution in [0.5, 0.6) is 17.2 Å². The number of aryl methyl sites for hydroxylation is 2. The summed E-state index contributed by atoms with van der Waals surface area (Å²) in [6.07, 6.45) is 0.908. The minimum absolute atomic E-state index is 0.471. The molecule has 0 saturated heterocycles. The molecule has 0 heterocycles. The van der Waals surface area contributed by atoms with E-state index in [0.717, 1.165) is 41.4 Å². The highest BCUT2D eigenvalue weighted by Crippen LogP contribution is 2.34. The molecule has 0 atom stereocenters. The van der Waals surface area contributed by atoms with Crippen molar-refractivity contribution in [3.63, 3.8) is 0 Å². The first kappa shape index (κ1) is 22.0. The second-order valence-corrected chi connectivity index (χ2v) is 8.87. The van der Waals surface area contributed by atoms with Crippen LogP contribution in [-0.4, -0.2) is 6.61 Å². The highest BCUT2D eigenvalue weighted by molar-refractivity contribution is 5.49. The highest BCUT2D eigenvalue weighted by atomic mass is 16.5. The van der Waals surface area contributed by atoms with Crippen LogP contribution in [0.3, 0.4) is 0 Å². The summed E-state index contributed by atoms with van der Waals surface area (Å²) in [6, 6.07) is 21.3. The Labute approximate surface area is 181 Å². The van der Waals surface area contributed by atoms with Gasteiger partial charge in [0.05, 0.1) is 6.61 Å². The molecule has 0 aliphatic heterocycles. The first-order chi connectivity index (χ1) is 14.3. The van der Waals surface area contributed by atoms with Crippen LogP contribution in [0.2, 0.25) is 0 Å². The Bertz CT molecular complexity index is 948. The molecule has 0 saturated carbocycles. The maximum Gasteiger partial charge on any atom is 0.133 e. The first-order valence-corrected chi connectivity index (χ1v) is 10.9. The van der Waals surface area contributed by atoms with E-state index in [1.165, 1.54) is 16.7 Å². The van der Waals surface area contributed by atoms with Gasteiger partial charge in [-0.2, -0.15) is 0 Å². The van der Waals surface area contributed by atoms with Gasteiger partial charge in [0.15, 0.2) is 0 Å². The molecule has 3 aromatic rings. The van der Waals surface area contributed by atoms with Crippen molar-refractivity contribution in [2.45, 2.75) is 53.9 Å². The molecule has 0 amide bonds. The summed E-state index contributed by atoms with van der Waals surface area (Å²) in [5, 5.41) is 0. The van der Waals surface area contributed by atoms with Crippen LogP contribution in [0, 0.1) is 19.8 Å². The summed E-state index contributed by atoms with van der Waals surface area (Å²) >= 11 is 0. The molecule has 158 valence electrons. The Hall–Kier alpha value is -2.74. The lowest BCUT2D eigenvalue weighted by Gasteiger charge is -2.18. The molecule has 0 spiro atoms. The quantitative estimate of drug-likeness (QED) is 0.382. The zero-order chi connectivity index (χ0) is 21.7. The van der Waals surface area contributed by atoms with Crippen molar-refractivity contribution in [1.29, 1.82) is 0 Å². The van der Waals surface area contributed by atoms with E-state index in [1.807, 2.05) is 0 Å². The number of hydrogen-bond donors (Lipinski definition) is 0. The maximum absolute atomic E-state index is 6.38. The predicted molar refractivity (Wildman–Crippen MR) is 126 cm³/mol. The van der Waals surface area contributed by atoms with Crippen LogP contribution in [0.25, 0.3) is 0 Å². The summed E-state index contributed by atoms with van der Waals surface area (Å²) in [6.45, 7) is 13.7. The summed E-state index contributed by atoms with van der Waals surface area (Å²) in [7, 11) is 0. The topological polar surface area (TPSA) is 18.5 Å². The molecule has 2 heteroatoms. The van der Waals surface area contributed by atoms with Gasteiger partial charge < -0.3 is 9.47 Å². The zero-order valence-corrected chi connectivity index (χ0v) is 19.2. The van der Waals surface area contributed by atoms with Gasteiger partial charge in [-0.05, 0) is 84.2 Å². The van der Waals surface area contributed by atoms with Crippen molar-refractivity contribution >= 4 is 0 Å². The van der Waals surface area contributed by atoms with Gasteiger partial charge >= 0.3 is 0 Å². The number of hydrogen-bond acceptors (Lipinski definition) is 2. The minimum atomic E-state index is 0.471. The van der Waals surface area contributed by atoms with Gasteiger partial charge in [-0.3, -0.25) is 0 Å². The Morgan fingerprint density at radius 1 is 0.767 bits per heavy atom. The highest BCUT2D eigenvalue weighted by Gasteiger charge is 2.13. The molecule has 0 bridgehead atoms. The zero-order valence-electron chi connectivity index (χ0n) is 19.2. The molecular formula is C28H34O2. The van der Waals surface area contributed by atoms with Gasteiger partial charge in [0.2, 0.25) is 0 Å². The number of benzene rings is 3. The number of ether oxygens (including phenoxy) is 2. The molecule has 0 radical (unpaired) electrons. The molecule has 3 aromatic carbocycles. The molecule has 0 fully saturated rings. The lowest BCUT2D eigenvalue weighted by Crippen LogP contribution is -2.05. The van der Waals surface area contributed by atoms with Crippen molar-refractivity contribution in [2.24, 2.45) is 5.92 Å². The summed E-state index contributed by atoms with van der Waals surface area (Å²) in [5.41, 5.74) is 6.19.